The van der Waals surface area contributed by atoms with Gasteiger partial charge in [-0.3, -0.25) is 4.98 Å². The number of rotatable bonds is 6. The van der Waals surface area contributed by atoms with Gasteiger partial charge >= 0.3 is 0 Å². The Bertz CT molecular complexity index is 3050. The highest BCUT2D eigenvalue weighted by atomic mass is 15.0. The first kappa shape index (κ1) is 32.0. The molecule has 0 spiro atoms. The van der Waals surface area contributed by atoms with E-state index >= 15 is 0 Å². The van der Waals surface area contributed by atoms with Crippen molar-refractivity contribution in [1.82, 2.24) is 29.1 Å². The maximum Gasteiger partial charge on any atom is 0.165 e. The average Bonchev–Trinajstić information content (AvgIpc) is 3.79. The maximum absolute atomic E-state index is 4.94. The van der Waals surface area contributed by atoms with E-state index in [4.69, 9.17) is 15.0 Å². The van der Waals surface area contributed by atoms with Gasteiger partial charge in [0.2, 0.25) is 0 Å². The molecular formula is C50H34N6. The molecule has 0 atom stereocenters. The van der Waals surface area contributed by atoms with Gasteiger partial charge in [0, 0.05) is 62.3 Å². The molecule has 11 rings (SSSR count). The molecule has 6 heteroatoms. The van der Waals surface area contributed by atoms with Crippen molar-refractivity contribution in [1.29, 1.82) is 0 Å². The lowest BCUT2D eigenvalue weighted by atomic mass is 9.97. The van der Waals surface area contributed by atoms with Crippen LogP contribution in [-0.4, -0.2) is 29.1 Å². The number of hydrogen-bond donors (Lipinski definition) is 0. The zero-order chi connectivity index (χ0) is 37.0. The van der Waals surface area contributed by atoms with Crippen molar-refractivity contribution in [3.05, 3.63) is 187 Å². The summed E-state index contributed by atoms with van der Waals surface area (Å²) < 4.78 is 4.77. The summed E-state index contributed by atoms with van der Waals surface area (Å²) in [7, 11) is 0. The fourth-order valence-corrected chi connectivity index (χ4v) is 8.31. The van der Waals surface area contributed by atoms with Crippen molar-refractivity contribution >= 4 is 38.8 Å². The number of aryl methyl sites for hydroxylation is 1. The van der Waals surface area contributed by atoms with Gasteiger partial charge < -0.3 is 9.13 Å². The van der Waals surface area contributed by atoms with E-state index in [-0.39, 0.29) is 0 Å². The van der Waals surface area contributed by atoms with E-state index in [1.807, 2.05) is 42.5 Å². The lowest BCUT2D eigenvalue weighted by Crippen LogP contribution is -2.00. The third-order valence-electron chi connectivity index (χ3n) is 10.9. The molecule has 6 nitrogen and oxygen atoms in total. The van der Waals surface area contributed by atoms with E-state index in [0.29, 0.717) is 17.5 Å². The van der Waals surface area contributed by atoms with Crippen molar-refractivity contribution in [2.75, 3.05) is 0 Å². The molecule has 56 heavy (non-hydrogen) atoms. The number of aromatic nitrogens is 6. The maximum atomic E-state index is 4.94. The van der Waals surface area contributed by atoms with Crippen LogP contribution in [0.3, 0.4) is 0 Å². The van der Waals surface area contributed by atoms with Gasteiger partial charge in [0.1, 0.15) is 0 Å². The molecule has 0 amide bonds. The molecule has 1 aliphatic rings. The van der Waals surface area contributed by atoms with Crippen LogP contribution in [0, 0.1) is 0 Å². The van der Waals surface area contributed by atoms with E-state index in [0.717, 1.165) is 46.3 Å². The molecule has 0 fully saturated rings. The van der Waals surface area contributed by atoms with Crippen LogP contribution in [0.15, 0.2) is 176 Å². The minimum Gasteiger partial charge on any atom is -0.310 e. The molecule has 0 N–H and O–H groups in total. The Morgan fingerprint density at radius 2 is 1.00 bits per heavy atom. The Labute approximate surface area is 323 Å². The average molecular weight is 719 g/mol. The third kappa shape index (κ3) is 5.34. The van der Waals surface area contributed by atoms with Gasteiger partial charge in [-0.2, -0.15) is 0 Å². The number of hydrogen-bond acceptors (Lipinski definition) is 4. The molecule has 4 heterocycles. The van der Waals surface area contributed by atoms with E-state index in [1.165, 1.54) is 49.7 Å². The van der Waals surface area contributed by atoms with Crippen molar-refractivity contribution in [3.63, 3.8) is 0 Å². The van der Waals surface area contributed by atoms with Gasteiger partial charge in [0.25, 0.3) is 0 Å². The van der Waals surface area contributed by atoms with Crippen LogP contribution in [0.1, 0.15) is 17.7 Å². The van der Waals surface area contributed by atoms with Crippen LogP contribution in [0.2, 0.25) is 0 Å². The van der Waals surface area contributed by atoms with Crippen LogP contribution < -0.4 is 0 Å². The summed E-state index contributed by atoms with van der Waals surface area (Å²) in [5.41, 5.74) is 13.7. The smallest absolute Gasteiger partial charge is 0.165 e. The van der Waals surface area contributed by atoms with Gasteiger partial charge in [-0.25, -0.2) is 15.0 Å². The molecular weight excluding hydrogens is 685 g/mol. The number of benzene rings is 6. The van der Waals surface area contributed by atoms with Crippen LogP contribution in [0.5, 0.6) is 0 Å². The first-order valence-corrected chi connectivity index (χ1v) is 19.0. The molecule has 4 aromatic heterocycles. The van der Waals surface area contributed by atoms with E-state index in [9.17, 15) is 0 Å². The lowest BCUT2D eigenvalue weighted by Gasteiger charge is -2.11. The lowest BCUT2D eigenvalue weighted by molar-refractivity contribution is 0.967. The standard InChI is InChI=1S/C50H34N6/c1-3-12-33(13-4-1)48-52-49(54-50(53-48)37-14-11-29-51-32-37)34-21-25-39(26-22-34)56-45-20-10-8-18-41(45)43-31-36(24-28-47(43)56)35-23-27-46-42(30-35)40-17-7-9-19-44(40)55(46)38-15-5-2-6-16-38/h1-6,8-16,18-32H,7,17H2. The van der Waals surface area contributed by atoms with E-state index in [2.05, 4.69) is 142 Å². The highest BCUT2D eigenvalue weighted by Crippen LogP contribution is 2.39. The number of nitrogens with zero attached hydrogens (tertiary/aromatic N) is 6. The zero-order valence-electron chi connectivity index (χ0n) is 30.4. The molecule has 0 saturated carbocycles. The van der Waals surface area contributed by atoms with Crippen LogP contribution in [0.4, 0.5) is 0 Å². The summed E-state index contributed by atoms with van der Waals surface area (Å²) in [6, 6.07) is 55.7. The molecule has 10 aromatic rings. The van der Waals surface area contributed by atoms with Gasteiger partial charge in [-0.1, -0.05) is 84.9 Å². The second-order valence-corrected chi connectivity index (χ2v) is 14.3. The highest BCUT2D eigenvalue weighted by Gasteiger charge is 2.20. The molecule has 0 saturated heterocycles. The zero-order valence-corrected chi connectivity index (χ0v) is 30.4. The quantitative estimate of drug-likeness (QED) is 0.172. The number of fused-ring (bicyclic) bond motifs is 6. The van der Waals surface area contributed by atoms with Crippen molar-refractivity contribution in [2.45, 2.75) is 12.8 Å². The highest BCUT2D eigenvalue weighted by molar-refractivity contribution is 6.10. The molecule has 0 aliphatic heterocycles. The number of para-hydroxylation sites is 2. The largest absolute Gasteiger partial charge is 0.310 e. The second kappa shape index (κ2) is 13.1. The monoisotopic (exact) mass is 718 g/mol. The predicted octanol–water partition coefficient (Wildman–Crippen LogP) is 11.9. The summed E-state index contributed by atoms with van der Waals surface area (Å²) in [5, 5.41) is 3.77. The summed E-state index contributed by atoms with van der Waals surface area (Å²) >= 11 is 0. The van der Waals surface area contributed by atoms with Gasteiger partial charge in [-0.15, -0.1) is 0 Å². The Morgan fingerprint density at radius 1 is 0.429 bits per heavy atom. The molecule has 1 aliphatic carbocycles. The Hall–Kier alpha value is -7.44. The van der Waals surface area contributed by atoms with Gasteiger partial charge in [0.05, 0.1) is 16.6 Å². The van der Waals surface area contributed by atoms with Crippen molar-refractivity contribution in [2.24, 2.45) is 0 Å². The molecule has 0 bridgehead atoms. The second-order valence-electron chi connectivity index (χ2n) is 14.3. The van der Waals surface area contributed by atoms with Crippen molar-refractivity contribution in [3.8, 4) is 56.7 Å². The minimum atomic E-state index is 0.592. The number of pyridine rings is 1. The normalized spacial score (nSPS) is 12.4. The first-order chi connectivity index (χ1) is 27.8. The molecule has 6 aromatic carbocycles. The van der Waals surface area contributed by atoms with Gasteiger partial charge in [-0.05, 0) is 114 Å². The Kier molecular flexibility index (Phi) is 7.52. The Morgan fingerprint density at radius 3 is 1.73 bits per heavy atom. The fourth-order valence-electron chi connectivity index (χ4n) is 8.31. The van der Waals surface area contributed by atoms with Crippen LogP contribution >= 0.6 is 0 Å². The van der Waals surface area contributed by atoms with E-state index in [1.54, 1.807) is 12.4 Å². The van der Waals surface area contributed by atoms with E-state index < -0.39 is 0 Å². The SMILES string of the molecule is C1=Cc2c(c3cc(-c4ccc5c(c4)c4ccccc4n5-c4ccc(-c5nc(-c6ccccc6)nc(-c6cccnc6)n5)cc4)ccc3n2-c2ccccc2)CC1. The summed E-state index contributed by atoms with van der Waals surface area (Å²) in [6.45, 7) is 0. The fraction of sp³-hybridized carbons (Fsp3) is 0.0400. The number of allylic oxidation sites excluding steroid dienone is 1. The van der Waals surface area contributed by atoms with Crippen LogP contribution in [-0.2, 0) is 6.42 Å². The molecule has 0 unspecified atom stereocenters. The summed E-state index contributed by atoms with van der Waals surface area (Å²) in [5.74, 6) is 1.83. The Balaban J connectivity index is 1.00. The minimum absolute atomic E-state index is 0.592. The summed E-state index contributed by atoms with van der Waals surface area (Å²) in [4.78, 5) is 19.0. The van der Waals surface area contributed by atoms with Crippen molar-refractivity contribution < 1.29 is 0 Å². The summed E-state index contributed by atoms with van der Waals surface area (Å²) in [6.07, 6.45) is 10.2. The third-order valence-corrected chi connectivity index (χ3v) is 10.9. The molecule has 0 radical (unpaired) electrons. The molecule has 264 valence electrons. The first-order valence-electron chi connectivity index (χ1n) is 19.0. The predicted molar refractivity (Wildman–Crippen MR) is 228 cm³/mol. The topological polar surface area (TPSA) is 61.4 Å². The van der Waals surface area contributed by atoms with Gasteiger partial charge in [0.15, 0.2) is 17.5 Å². The van der Waals surface area contributed by atoms with Crippen LogP contribution in [0.25, 0.3) is 95.5 Å².